The van der Waals surface area contributed by atoms with Gasteiger partial charge in [0.15, 0.2) is 0 Å². The van der Waals surface area contributed by atoms with Crippen LogP contribution in [0.5, 0.6) is 0 Å². The Hall–Kier alpha value is -3.21. The number of carbonyl (C=O) groups excluding carboxylic acids is 1. The molecule has 0 saturated heterocycles. The highest BCUT2D eigenvalue weighted by Gasteiger charge is 2.17. The van der Waals surface area contributed by atoms with Crippen LogP contribution in [0.2, 0.25) is 0 Å². The fourth-order valence-electron chi connectivity index (χ4n) is 2.84. The Morgan fingerprint density at radius 1 is 0.963 bits per heavy atom. The van der Waals surface area contributed by atoms with Crippen molar-refractivity contribution < 1.29 is 4.79 Å². The molecule has 1 heterocycles. The van der Waals surface area contributed by atoms with Crippen molar-refractivity contribution in [2.45, 2.75) is 26.9 Å². The Morgan fingerprint density at radius 3 is 2.33 bits per heavy atom. The minimum absolute atomic E-state index is 0.181. The zero-order chi connectivity index (χ0) is 19.2. The Balaban J connectivity index is 1.82. The predicted octanol–water partition coefficient (Wildman–Crippen LogP) is 3.26. The van der Waals surface area contributed by atoms with Gasteiger partial charge in [-0.25, -0.2) is 4.68 Å². The summed E-state index contributed by atoms with van der Waals surface area (Å²) < 4.78 is 1.34. The van der Waals surface area contributed by atoms with E-state index in [1.165, 1.54) is 16.8 Å². The maximum Gasteiger partial charge on any atom is 0.274 e. The standard InChI is InChI=1S/C22H23N3O2/c1-3-24(15-18-7-5-4-6-8-18)22(27)20-13-14-21(26)25(23-20)16-19-11-9-17(2)10-12-19/h4-14H,3,15-16H2,1-2H3. The molecular formula is C22H23N3O2. The molecule has 1 amide bonds. The number of benzene rings is 2. The van der Waals surface area contributed by atoms with Crippen molar-refractivity contribution in [2.75, 3.05) is 6.54 Å². The van der Waals surface area contributed by atoms with Crippen LogP contribution in [0.25, 0.3) is 0 Å². The summed E-state index contributed by atoms with van der Waals surface area (Å²) in [4.78, 5) is 26.8. The first-order valence-corrected chi connectivity index (χ1v) is 9.03. The minimum atomic E-state index is -0.224. The normalized spacial score (nSPS) is 10.6. The Bertz CT molecular complexity index is 963. The smallest absolute Gasteiger partial charge is 0.274 e. The van der Waals surface area contributed by atoms with Crippen molar-refractivity contribution in [3.8, 4) is 0 Å². The fraction of sp³-hybridized carbons (Fsp3) is 0.227. The van der Waals surface area contributed by atoms with Gasteiger partial charge in [0.25, 0.3) is 11.5 Å². The number of hydrogen-bond acceptors (Lipinski definition) is 3. The molecule has 0 aliphatic heterocycles. The molecule has 138 valence electrons. The van der Waals surface area contributed by atoms with Gasteiger partial charge >= 0.3 is 0 Å². The first-order valence-electron chi connectivity index (χ1n) is 9.03. The third-order valence-electron chi connectivity index (χ3n) is 4.42. The molecule has 3 aromatic rings. The molecule has 0 bridgehead atoms. The fourth-order valence-corrected chi connectivity index (χ4v) is 2.84. The summed E-state index contributed by atoms with van der Waals surface area (Å²) in [5, 5.41) is 4.31. The van der Waals surface area contributed by atoms with Gasteiger partial charge in [0, 0.05) is 19.2 Å². The zero-order valence-corrected chi connectivity index (χ0v) is 15.6. The highest BCUT2D eigenvalue weighted by molar-refractivity contribution is 5.92. The van der Waals surface area contributed by atoms with Crippen LogP contribution in [0, 0.1) is 6.92 Å². The first-order chi connectivity index (χ1) is 13.1. The molecule has 0 aliphatic rings. The van der Waals surface area contributed by atoms with Crippen molar-refractivity contribution in [1.82, 2.24) is 14.7 Å². The summed E-state index contributed by atoms with van der Waals surface area (Å²) in [7, 11) is 0. The van der Waals surface area contributed by atoms with E-state index < -0.39 is 0 Å². The second-order valence-electron chi connectivity index (χ2n) is 6.50. The maximum atomic E-state index is 12.9. The molecule has 0 aliphatic carbocycles. The van der Waals surface area contributed by atoms with Crippen molar-refractivity contribution >= 4 is 5.91 Å². The van der Waals surface area contributed by atoms with Crippen molar-refractivity contribution in [3.05, 3.63) is 99.5 Å². The third kappa shape index (κ3) is 4.70. The van der Waals surface area contributed by atoms with Gasteiger partial charge in [0.05, 0.1) is 6.54 Å². The van der Waals surface area contributed by atoms with E-state index in [2.05, 4.69) is 5.10 Å². The molecule has 27 heavy (non-hydrogen) atoms. The second-order valence-corrected chi connectivity index (χ2v) is 6.50. The molecule has 5 nitrogen and oxygen atoms in total. The SMILES string of the molecule is CCN(Cc1ccccc1)C(=O)c1ccc(=O)n(Cc2ccc(C)cc2)n1. The summed E-state index contributed by atoms with van der Waals surface area (Å²) >= 11 is 0. The van der Waals surface area contributed by atoms with Gasteiger partial charge in [0.2, 0.25) is 0 Å². The number of carbonyl (C=O) groups is 1. The Morgan fingerprint density at radius 2 is 1.67 bits per heavy atom. The highest BCUT2D eigenvalue weighted by Crippen LogP contribution is 2.09. The molecule has 0 fully saturated rings. The monoisotopic (exact) mass is 361 g/mol. The lowest BCUT2D eigenvalue weighted by Gasteiger charge is -2.20. The van der Waals surface area contributed by atoms with Gasteiger partial charge in [-0.2, -0.15) is 5.10 Å². The zero-order valence-electron chi connectivity index (χ0n) is 15.6. The lowest BCUT2D eigenvalue weighted by atomic mass is 10.1. The summed E-state index contributed by atoms with van der Waals surface area (Å²) in [5.74, 6) is -0.181. The third-order valence-corrected chi connectivity index (χ3v) is 4.42. The Kier molecular flexibility index (Phi) is 5.81. The van der Waals surface area contributed by atoms with Crippen LogP contribution in [0.3, 0.4) is 0 Å². The molecule has 5 heteroatoms. The number of hydrogen-bond donors (Lipinski definition) is 0. The molecule has 3 rings (SSSR count). The predicted molar refractivity (Wildman–Crippen MR) is 106 cm³/mol. The minimum Gasteiger partial charge on any atom is -0.333 e. The van der Waals surface area contributed by atoms with E-state index >= 15 is 0 Å². The molecule has 0 spiro atoms. The van der Waals surface area contributed by atoms with Gasteiger partial charge in [-0.05, 0) is 31.0 Å². The van der Waals surface area contributed by atoms with Crippen LogP contribution in [0.4, 0.5) is 0 Å². The Labute approximate surface area is 158 Å². The van der Waals surface area contributed by atoms with Gasteiger partial charge in [0.1, 0.15) is 5.69 Å². The number of aromatic nitrogens is 2. The van der Waals surface area contributed by atoms with Crippen LogP contribution in [0.1, 0.15) is 34.1 Å². The number of amides is 1. The lowest BCUT2D eigenvalue weighted by Crippen LogP contribution is -2.33. The second kappa shape index (κ2) is 8.45. The van der Waals surface area contributed by atoms with Crippen molar-refractivity contribution in [1.29, 1.82) is 0 Å². The van der Waals surface area contributed by atoms with E-state index in [9.17, 15) is 9.59 Å². The van der Waals surface area contributed by atoms with E-state index in [1.807, 2.05) is 68.4 Å². The molecule has 0 saturated carbocycles. The van der Waals surface area contributed by atoms with Crippen LogP contribution in [-0.4, -0.2) is 27.1 Å². The van der Waals surface area contributed by atoms with Crippen LogP contribution in [0.15, 0.2) is 71.5 Å². The van der Waals surface area contributed by atoms with Crippen LogP contribution >= 0.6 is 0 Å². The lowest BCUT2D eigenvalue weighted by molar-refractivity contribution is 0.0744. The van der Waals surface area contributed by atoms with Crippen molar-refractivity contribution in [3.63, 3.8) is 0 Å². The van der Waals surface area contributed by atoms with Crippen molar-refractivity contribution in [2.24, 2.45) is 0 Å². The van der Waals surface area contributed by atoms with E-state index in [4.69, 9.17) is 0 Å². The highest BCUT2D eigenvalue weighted by atomic mass is 16.2. The molecule has 0 atom stereocenters. The van der Waals surface area contributed by atoms with Gasteiger partial charge in [-0.3, -0.25) is 9.59 Å². The van der Waals surface area contributed by atoms with Gasteiger partial charge < -0.3 is 4.90 Å². The molecule has 0 radical (unpaired) electrons. The van der Waals surface area contributed by atoms with Crippen LogP contribution < -0.4 is 5.56 Å². The van der Waals surface area contributed by atoms with E-state index in [0.717, 1.165) is 16.7 Å². The molecule has 0 unspecified atom stereocenters. The van der Waals surface area contributed by atoms with E-state index in [-0.39, 0.29) is 17.2 Å². The molecular weight excluding hydrogens is 338 g/mol. The number of nitrogens with zero attached hydrogens (tertiary/aromatic N) is 3. The van der Waals surface area contributed by atoms with Gasteiger partial charge in [-0.1, -0.05) is 60.2 Å². The molecule has 2 aromatic carbocycles. The average molecular weight is 361 g/mol. The summed E-state index contributed by atoms with van der Waals surface area (Å²) in [6.07, 6.45) is 0. The quantitative estimate of drug-likeness (QED) is 0.677. The largest absolute Gasteiger partial charge is 0.333 e. The first kappa shape index (κ1) is 18.6. The average Bonchev–Trinajstić information content (AvgIpc) is 2.70. The molecule has 0 N–H and O–H groups in total. The summed E-state index contributed by atoms with van der Waals surface area (Å²) in [6.45, 7) is 5.36. The van der Waals surface area contributed by atoms with E-state index in [0.29, 0.717) is 19.6 Å². The maximum absolute atomic E-state index is 12.9. The summed E-state index contributed by atoms with van der Waals surface area (Å²) in [6, 6.07) is 20.7. The molecule has 1 aromatic heterocycles. The number of rotatable bonds is 6. The summed E-state index contributed by atoms with van der Waals surface area (Å²) in [5.41, 5.74) is 3.23. The van der Waals surface area contributed by atoms with Crippen LogP contribution in [-0.2, 0) is 13.1 Å². The topological polar surface area (TPSA) is 55.2 Å². The van der Waals surface area contributed by atoms with Gasteiger partial charge in [-0.15, -0.1) is 0 Å². The number of aryl methyl sites for hydroxylation is 1. The van der Waals surface area contributed by atoms with E-state index in [1.54, 1.807) is 4.90 Å².